The normalized spacial score (nSPS) is 21.9. The van der Waals surface area contributed by atoms with Crippen molar-refractivity contribution < 1.29 is 43.0 Å². The SMILES string of the molecule is Cc1c2c(cc[n+]1CCC[N+]1(C)CCCCC1)C1C=CC=CC1=N2.[Br-].[Br-]. The van der Waals surface area contributed by atoms with E-state index in [1.165, 1.54) is 72.5 Å². The number of likely N-dealkylation sites (tertiary alicyclic amines) is 1. The van der Waals surface area contributed by atoms with E-state index in [9.17, 15) is 0 Å². The fourth-order valence-electron chi connectivity index (χ4n) is 4.50. The van der Waals surface area contributed by atoms with Gasteiger partial charge in [0.1, 0.15) is 5.69 Å². The van der Waals surface area contributed by atoms with Gasteiger partial charge in [-0.05, 0) is 25.3 Å². The lowest BCUT2D eigenvalue weighted by Crippen LogP contribution is -3.00. The van der Waals surface area contributed by atoms with Crippen LogP contribution in [-0.4, -0.2) is 36.9 Å². The molecule has 0 radical (unpaired) electrons. The van der Waals surface area contributed by atoms with Gasteiger partial charge in [0.05, 0.1) is 38.8 Å². The van der Waals surface area contributed by atoms with E-state index in [4.69, 9.17) is 4.99 Å². The summed E-state index contributed by atoms with van der Waals surface area (Å²) in [5.74, 6) is 0.371. The van der Waals surface area contributed by atoms with Crippen molar-refractivity contribution in [2.75, 3.05) is 26.7 Å². The number of rotatable bonds is 4. The number of hydrogen-bond donors (Lipinski definition) is 0. The summed E-state index contributed by atoms with van der Waals surface area (Å²) in [6.07, 6.45) is 16.4. The second-order valence-electron chi connectivity index (χ2n) is 7.86. The van der Waals surface area contributed by atoms with Gasteiger partial charge in [-0.3, -0.25) is 0 Å². The molecule has 1 fully saturated rings. The van der Waals surface area contributed by atoms with E-state index < -0.39 is 0 Å². The van der Waals surface area contributed by atoms with Crippen LogP contribution in [0.3, 0.4) is 0 Å². The van der Waals surface area contributed by atoms with Gasteiger partial charge in [-0.15, -0.1) is 0 Å². The first-order chi connectivity index (χ1) is 11.7. The summed E-state index contributed by atoms with van der Waals surface area (Å²) < 4.78 is 3.67. The van der Waals surface area contributed by atoms with Crippen molar-refractivity contribution in [2.24, 2.45) is 4.99 Å². The van der Waals surface area contributed by atoms with Crippen LogP contribution in [0.2, 0.25) is 0 Å². The molecule has 1 aromatic rings. The quantitative estimate of drug-likeness (QED) is 0.336. The van der Waals surface area contributed by atoms with Gasteiger partial charge in [0.25, 0.3) is 0 Å². The molecule has 0 aromatic carbocycles. The molecule has 5 heteroatoms. The summed E-state index contributed by atoms with van der Waals surface area (Å²) >= 11 is 0. The lowest BCUT2D eigenvalue weighted by molar-refractivity contribution is -0.916. The lowest BCUT2D eigenvalue weighted by atomic mass is 9.93. The highest BCUT2D eigenvalue weighted by molar-refractivity contribution is 6.08. The Morgan fingerprint density at radius 1 is 1.15 bits per heavy atom. The van der Waals surface area contributed by atoms with Crippen LogP contribution >= 0.6 is 0 Å². The van der Waals surface area contributed by atoms with Gasteiger partial charge in [-0.2, -0.15) is 0 Å². The van der Waals surface area contributed by atoms with Gasteiger partial charge in [-0.1, -0.05) is 18.2 Å². The minimum Gasteiger partial charge on any atom is -1.00 e. The molecule has 1 aromatic heterocycles. The minimum absolute atomic E-state index is 0. The number of fused-ring (bicyclic) bond motifs is 3. The molecule has 0 saturated carbocycles. The molecule has 1 atom stereocenters. The van der Waals surface area contributed by atoms with Gasteiger partial charge in [-0.25, -0.2) is 9.56 Å². The molecule has 142 valence electrons. The Morgan fingerprint density at radius 2 is 1.92 bits per heavy atom. The summed E-state index contributed by atoms with van der Waals surface area (Å²) in [5, 5.41) is 0. The number of halogens is 2. The maximum absolute atomic E-state index is 4.90. The van der Waals surface area contributed by atoms with Gasteiger partial charge in [0, 0.05) is 24.5 Å². The van der Waals surface area contributed by atoms with E-state index in [0.29, 0.717) is 5.92 Å². The molecular formula is C21H29Br2N3. The average molecular weight is 483 g/mol. The minimum atomic E-state index is 0. The van der Waals surface area contributed by atoms with E-state index in [1.807, 2.05) is 0 Å². The van der Waals surface area contributed by atoms with Crippen molar-refractivity contribution in [3.05, 3.63) is 47.8 Å². The van der Waals surface area contributed by atoms with Gasteiger partial charge in [0.2, 0.25) is 5.69 Å². The Bertz CT molecular complexity index is 731. The Labute approximate surface area is 178 Å². The first-order valence-electron chi connectivity index (χ1n) is 9.46. The van der Waals surface area contributed by atoms with E-state index in [2.05, 4.69) is 55.1 Å². The molecule has 1 aliphatic carbocycles. The van der Waals surface area contributed by atoms with Crippen LogP contribution in [0.1, 0.15) is 42.9 Å². The van der Waals surface area contributed by atoms with E-state index >= 15 is 0 Å². The van der Waals surface area contributed by atoms with Crippen LogP contribution in [0.15, 0.2) is 41.6 Å². The highest BCUT2D eigenvalue weighted by Gasteiger charge is 2.30. The fourth-order valence-corrected chi connectivity index (χ4v) is 4.50. The number of aryl methyl sites for hydroxylation is 1. The first kappa shape index (κ1) is 21.5. The van der Waals surface area contributed by atoms with Gasteiger partial charge >= 0.3 is 0 Å². The second kappa shape index (κ2) is 8.94. The summed E-state index contributed by atoms with van der Waals surface area (Å²) in [5.41, 5.74) is 5.08. The van der Waals surface area contributed by atoms with E-state index in [-0.39, 0.29) is 34.0 Å². The fraction of sp³-hybridized carbons (Fsp3) is 0.524. The Hall–Kier alpha value is -0.780. The van der Waals surface area contributed by atoms with Crippen molar-refractivity contribution in [2.45, 2.75) is 45.1 Å². The Kier molecular flexibility index (Phi) is 7.40. The largest absolute Gasteiger partial charge is 1.00 e. The molecule has 0 N–H and O–H groups in total. The Morgan fingerprint density at radius 3 is 2.69 bits per heavy atom. The number of allylic oxidation sites excluding steroid dienone is 4. The average Bonchev–Trinajstić information content (AvgIpc) is 2.97. The van der Waals surface area contributed by atoms with Crippen LogP contribution in [-0.2, 0) is 6.54 Å². The van der Waals surface area contributed by atoms with Gasteiger partial charge < -0.3 is 38.4 Å². The molecule has 26 heavy (non-hydrogen) atoms. The van der Waals surface area contributed by atoms with E-state index in [1.54, 1.807) is 0 Å². The van der Waals surface area contributed by atoms with Gasteiger partial charge in [0.15, 0.2) is 12.7 Å². The number of pyridine rings is 1. The van der Waals surface area contributed by atoms with Crippen LogP contribution in [0.5, 0.6) is 0 Å². The highest BCUT2D eigenvalue weighted by atomic mass is 79.9. The topological polar surface area (TPSA) is 16.2 Å². The number of nitrogens with zero attached hydrogens (tertiary/aromatic N) is 3. The molecule has 0 amide bonds. The van der Waals surface area contributed by atoms with Crippen LogP contribution < -0.4 is 38.5 Å². The third-order valence-corrected chi connectivity index (χ3v) is 6.05. The molecule has 2 aliphatic heterocycles. The molecular weight excluding hydrogens is 454 g/mol. The maximum atomic E-state index is 4.90. The van der Waals surface area contributed by atoms with Crippen molar-refractivity contribution in [3.8, 4) is 0 Å². The smallest absolute Gasteiger partial charge is 0.204 e. The van der Waals surface area contributed by atoms with Crippen molar-refractivity contribution in [3.63, 3.8) is 0 Å². The molecule has 1 unspecified atom stereocenters. The molecule has 3 heterocycles. The van der Waals surface area contributed by atoms with Crippen LogP contribution in [0.25, 0.3) is 0 Å². The molecule has 4 rings (SSSR count). The summed E-state index contributed by atoms with van der Waals surface area (Å²) in [7, 11) is 2.44. The zero-order valence-electron chi connectivity index (χ0n) is 15.8. The summed E-state index contributed by atoms with van der Waals surface area (Å²) in [6, 6.07) is 2.28. The predicted molar refractivity (Wildman–Crippen MR) is 98.7 cm³/mol. The first-order valence-corrected chi connectivity index (χ1v) is 9.46. The lowest BCUT2D eigenvalue weighted by Gasteiger charge is -2.37. The monoisotopic (exact) mass is 481 g/mol. The predicted octanol–water partition coefficient (Wildman–Crippen LogP) is -2.39. The number of piperidine rings is 1. The third-order valence-electron chi connectivity index (χ3n) is 6.05. The molecule has 0 bridgehead atoms. The number of aromatic nitrogens is 1. The second-order valence-corrected chi connectivity index (χ2v) is 7.86. The molecule has 3 nitrogen and oxygen atoms in total. The maximum Gasteiger partial charge on any atom is 0.204 e. The Balaban J connectivity index is 0.00000121. The molecule has 3 aliphatic rings. The molecule has 0 spiro atoms. The highest BCUT2D eigenvalue weighted by Crippen LogP contribution is 2.38. The zero-order chi connectivity index (χ0) is 16.6. The number of aliphatic imine (C=N–C) groups is 1. The van der Waals surface area contributed by atoms with Crippen molar-refractivity contribution in [1.29, 1.82) is 0 Å². The number of quaternary nitrogens is 1. The zero-order valence-corrected chi connectivity index (χ0v) is 19.0. The number of hydrogen-bond acceptors (Lipinski definition) is 1. The van der Waals surface area contributed by atoms with Crippen LogP contribution in [0.4, 0.5) is 5.69 Å². The van der Waals surface area contributed by atoms with Crippen LogP contribution in [0, 0.1) is 6.92 Å². The van der Waals surface area contributed by atoms with E-state index in [0.717, 1.165) is 6.54 Å². The summed E-state index contributed by atoms with van der Waals surface area (Å²) in [4.78, 5) is 4.90. The third kappa shape index (κ3) is 4.20. The van der Waals surface area contributed by atoms with Crippen molar-refractivity contribution >= 4 is 11.4 Å². The molecule has 1 saturated heterocycles. The van der Waals surface area contributed by atoms with Crippen molar-refractivity contribution in [1.82, 2.24) is 0 Å². The standard InChI is InChI=1S/C21H29N3.2BrH/c1-17-21-19(18-9-4-5-10-20(18)22-21)11-13-23(17)12-8-16-24(2)14-6-3-7-15-24;;/h4-5,9-11,13,18H,3,6-8,12,14-16H2,1-2H3;2*1H/q+2;;/p-2. The summed E-state index contributed by atoms with van der Waals surface area (Å²) in [6.45, 7) is 7.36.